The van der Waals surface area contributed by atoms with Gasteiger partial charge in [0.05, 0.1) is 17.1 Å². The van der Waals surface area contributed by atoms with Crippen molar-refractivity contribution in [3.63, 3.8) is 0 Å². The van der Waals surface area contributed by atoms with Crippen LogP contribution >= 0.6 is 0 Å². The number of benzene rings is 1. The third-order valence-corrected chi connectivity index (χ3v) is 2.01. The van der Waals surface area contributed by atoms with Crippen LogP contribution in [0.25, 0.3) is 10.9 Å². The molecular formula is C9H8N4. The molecule has 0 aliphatic carbocycles. The average molecular weight is 172 g/mol. The summed E-state index contributed by atoms with van der Waals surface area (Å²) in [6, 6.07) is 7.41. The Morgan fingerprint density at radius 3 is 3.00 bits per heavy atom. The van der Waals surface area contributed by atoms with Crippen LogP contribution < -0.4 is 5.73 Å². The predicted molar refractivity (Wildman–Crippen MR) is 49.8 cm³/mol. The number of nitrogens with zero attached hydrogens (tertiary/aromatic N) is 3. The van der Waals surface area contributed by atoms with Crippen LogP contribution in [0.5, 0.6) is 0 Å². The minimum Gasteiger partial charge on any atom is -0.382 e. The number of aryl methyl sites for hydroxylation is 1. The molecule has 1 heterocycles. The number of fused-ring (bicyclic) bond motifs is 1. The molecule has 0 bridgehead atoms. The van der Waals surface area contributed by atoms with E-state index in [1.54, 1.807) is 16.8 Å². The van der Waals surface area contributed by atoms with E-state index in [0.717, 1.165) is 10.9 Å². The molecule has 0 fully saturated rings. The van der Waals surface area contributed by atoms with E-state index in [4.69, 9.17) is 11.0 Å². The van der Waals surface area contributed by atoms with Gasteiger partial charge in [0.25, 0.3) is 0 Å². The zero-order chi connectivity index (χ0) is 9.42. The maximum Gasteiger partial charge on any atom is 0.153 e. The van der Waals surface area contributed by atoms with Gasteiger partial charge in [0, 0.05) is 12.4 Å². The van der Waals surface area contributed by atoms with Crippen LogP contribution in [0, 0.1) is 11.3 Å². The summed E-state index contributed by atoms with van der Waals surface area (Å²) in [6.07, 6.45) is 0. The Labute approximate surface area is 75.2 Å². The van der Waals surface area contributed by atoms with E-state index in [1.807, 2.05) is 13.1 Å². The minimum atomic E-state index is 0.467. The normalized spacial score (nSPS) is 10.2. The molecule has 2 rings (SSSR count). The number of nitrogens with two attached hydrogens (primary N) is 1. The molecule has 2 N–H and O–H groups in total. The maximum absolute atomic E-state index is 8.68. The lowest BCUT2D eigenvalue weighted by atomic mass is 10.2. The zero-order valence-electron chi connectivity index (χ0n) is 7.15. The molecule has 1 aromatic carbocycles. The molecule has 1 aromatic heterocycles. The highest BCUT2D eigenvalue weighted by atomic mass is 15.3. The smallest absolute Gasteiger partial charge is 0.153 e. The summed E-state index contributed by atoms with van der Waals surface area (Å²) in [5.41, 5.74) is 7.20. The van der Waals surface area contributed by atoms with Crippen LogP contribution in [-0.4, -0.2) is 9.78 Å². The van der Waals surface area contributed by atoms with Crippen molar-refractivity contribution in [2.75, 3.05) is 5.73 Å². The Hall–Kier alpha value is -2.02. The molecule has 13 heavy (non-hydrogen) atoms. The second-order valence-corrected chi connectivity index (χ2v) is 2.85. The van der Waals surface area contributed by atoms with E-state index in [9.17, 15) is 0 Å². The first-order chi connectivity index (χ1) is 6.22. The van der Waals surface area contributed by atoms with Crippen LogP contribution in [0.4, 0.5) is 5.82 Å². The van der Waals surface area contributed by atoms with Gasteiger partial charge in [-0.25, -0.2) is 0 Å². The van der Waals surface area contributed by atoms with E-state index in [2.05, 4.69) is 11.2 Å². The Morgan fingerprint density at radius 1 is 1.54 bits per heavy atom. The number of hydrogen-bond acceptors (Lipinski definition) is 3. The highest BCUT2D eigenvalue weighted by Crippen LogP contribution is 2.20. The van der Waals surface area contributed by atoms with Gasteiger partial charge in [0.2, 0.25) is 0 Å². The van der Waals surface area contributed by atoms with Crippen molar-refractivity contribution in [2.45, 2.75) is 0 Å². The van der Waals surface area contributed by atoms with Crippen LogP contribution in [0.15, 0.2) is 18.2 Å². The largest absolute Gasteiger partial charge is 0.382 e. The van der Waals surface area contributed by atoms with Gasteiger partial charge in [-0.2, -0.15) is 10.4 Å². The molecule has 0 unspecified atom stereocenters. The summed E-state index contributed by atoms with van der Waals surface area (Å²) >= 11 is 0. The van der Waals surface area contributed by atoms with Gasteiger partial charge in [-0.1, -0.05) is 0 Å². The summed E-state index contributed by atoms with van der Waals surface area (Å²) in [5, 5.41) is 13.6. The Bertz CT molecular complexity index is 504. The number of nitriles is 1. The first-order valence-corrected chi connectivity index (χ1v) is 3.84. The molecule has 0 spiro atoms. The van der Waals surface area contributed by atoms with Crippen molar-refractivity contribution in [1.29, 1.82) is 5.26 Å². The minimum absolute atomic E-state index is 0.467. The molecule has 0 amide bonds. The molecule has 0 aliphatic heterocycles. The van der Waals surface area contributed by atoms with Crippen LogP contribution in [0.3, 0.4) is 0 Å². The van der Waals surface area contributed by atoms with Gasteiger partial charge in [-0.3, -0.25) is 4.68 Å². The third-order valence-electron chi connectivity index (χ3n) is 2.01. The zero-order valence-corrected chi connectivity index (χ0v) is 7.15. The Kier molecular flexibility index (Phi) is 1.46. The van der Waals surface area contributed by atoms with Crippen LogP contribution in [-0.2, 0) is 7.05 Å². The molecule has 4 heteroatoms. The monoisotopic (exact) mass is 172 g/mol. The van der Waals surface area contributed by atoms with Gasteiger partial charge in [0.1, 0.15) is 0 Å². The topological polar surface area (TPSA) is 67.6 Å². The van der Waals surface area contributed by atoms with Crippen molar-refractivity contribution in [3.05, 3.63) is 23.8 Å². The summed E-state index contributed by atoms with van der Waals surface area (Å²) in [4.78, 5) is 0. The summed E-state index contributed by atoms with van der Waals surface area (Å²) in [5.74, 6) is 0.467. The van der Waals surface area contributed by atoms with E-state index >= 15 is 0 Å². The number of aromatic nitrogens is 2. The molecule has 0 saturated carbocycles. The van der Waals surface area contributed by atoms with E-state index in [0.29, 0.717) is 11.4 Å². The number of rotatable bonds is 0. The standard InChI is InChI=1S/C9H8N4/c1-13-8-3-2-6(5-10)4-7(8)9(11)12-13/h2-4H,1H3,(H2,11,12). The lowest BCUT2D eigenvalue weighted by Gasteiger charge is -1.92. The average Bonchev–Trinajstić information content (AvgIpc) is 2.42. The third kappa shape index (κ3) is 1.02. The quantitative estimate of drug-likeness (QED) is 0.645. The van der Waals surface area contributed by atoms with Crippen LogP contribution in [0.1, 0.15) is 5.56 Å². The van der Waals surface area contributed by atoms with Crippen molar-refractivity contribution in [3.8, 4) is 6.07 Å². The first kappa shape index (κ1) is 7.62. The molecular weight excluding hydrogens is 164 g/mol. The van der Waals surface area contributed by atoms with Crippen molar-refractivity contribution in [2.24, 2.45) is 7.05 Å². The van der Waals surface area contributed by atoms with Gasteiger partial charge in [0.15, 0.2) is 5.82 Å². The van der Waals surface area contributed by atoms with Crippen LogP contribution in [0.2, 0.25) is 0 Å². The summed E-state index contributed by atoms with van der Waals surface area (Å²) in [6.45, 7) is 0. The van der Waals surface area contributed by atoms with Gasteiger partial charge < -0.3 is 5.73 Å². The fourth-order valence-electron chi connectivity index (χ4n) is 1.36. The van der Waals surface area contributed by atoms with Gasteiger partial charge in [-0.15, -0.1) is 0 Å². The Morgan fingerprint density at radius 2 is 2.31 bits per heavy atom. The number of nitrogen functional groups attached to an aromatic ring is 1. The van der Waals surface area contributed by atoms with Crippen molar-refractivity contribution >= 4 is 16.7 Å². The highest BCUT2D eigenvalue weighted by molar-refractivity contribution is 5.90. The number of anilines is 1. The fraction of sp³-hybridized carbons (Fsp3) is 0.111. The van der Waals surface area contributed by atoms with E-state index < -0.39 is 0 Å². The summed E-state index contributed by atoms with van der Waals surface area (Å²) < 4.78 is 1.70. The lowest BCUT2D eigenvalue weighted by Crippen LogP contribution is -1.91. The molecule has 64 valence electrons. The second kappa shape index (κ2) is 2.49. The van der Waals surface area contributed by atoms with E-state index in [1.165, 1.54) is 0 Å². The molecule has 0 saturated heterocycles. The van der Waals surface area contributed by atoms with Gasteiger partial charge in [-0.05, 0) is 18.2 Å². The highest BCUT2D eigenvalue weighted by Gasteiger charge is 2.05. The molecule has 0 aliphatic rings. The molecule has 4 nitrogen and oxygen atoms in total. The second-order valence-electron chi connectivity index (χ2n) is 2.85. The molecule has 0 radical (unpaired) electrons. The van der Waals surface area contributed by atoms with Gasteiger partial charge >= 0.3 is 0 Å². The van der Waals surface area contributed by atoms with E-state index in [-0.39, 0.29) is 0 Å². The first-order valence-electron chi connectivity index (χ1n) is 3.84. The van der Waals surface area contributed by atoms with Crippen molar-refractivity contribution in [1.82, 2.24) is 9.78 Å². The van der Waals surface area contributed by atoms with Crippen molar-refractivity contribution < 1.29 is 0 Å². The lowest BCUT2D eigenvalue weighted by molar-refractivity contribution is 0.802. The number of hydrogen-bond donors (Lipinski definition) is 1. The molecule has 2 aromatic rings. The summed E-state index contributed by atoms with van der Waals surface area (Å²) in [7, 11) is 1.82. The fourth-order valence-corrected chi connectivity index (χ4v) is 1.36. The predicted octanol–water partition coefficient (Wildman–Crippen LogP) is 1.03. The molecule has 0 atom stereocenters. The maximum atomic E-state index is 8.68. The Balaban J connectivity index is 2.86. The SMILES string of the molecule is Cn1nc(N)c2cc(C#N)ccc21.